The molecule has 1 aromatic carbocycles. The first-order chi connectivity index (χ1) is 9.55. The van der Waals surface area contributed by atoms with E-state index in [1.54, 1.807) is 0 Å². The van der Waals surface area contributed by atoms with Crippen LogP contribution in [0.25, 0.3) is 0 Å². The second-order valence-electron chi connectivity index (χ2n) is 6.46. The Morgan fingerprint density at radius 1 is 1.20 bits per heavy atom. The van der Waals surface area contributed by atoms with E-state index >= 15 is 0 Å². The fraction of sp³-hybridized carbons (Fsp3) is 0.667. The van der Waals surface area contributed by atoms with Crippen LogP contribution in [0.1, 0.15) is 42.0 Å². The number of rotatable bonds is 4. The summed E-state index contributed by atoms with van der Waals surface area (Å²) < 4.78 is 0. The van der Waals surface area contributed by atoms with Gasteiger partial charge in [-0.05, 0) is 63.4 Å². The lowest BCUT2D eigenvalue weighted by molar-refractivity contribution is 0.132. The lowest BCUT2D eigenvalue weighted by Gasteiger charge is -2.38. The lowest BCUT2D eigenvalue weighted by Crippen LogP contribution is -2.47. The monoisotopic (exact) mass is 274 g/mol. The summed E-state index contributed by atoms with van der Waals surface area (Å²) in [5, 5.41) is 3.49. The van der Waals surface area contributed by atoms with Gasteiger partial charge in [-0.2, -0.15) is 0 Å². The van der Waals surface area contributed by atoms with E-state index in [2.05, 4.69) is 57.1 Å². The maximum Gasteiger partial charge on any atom is 0.0239 e. The van der Waals surface area contributed by atoms with Gasteiger partial charge in [0.25, 0.3) is 0 Å². The molecule has 1 heterocycles. The predicted octanol–water partition coefficient (Wildman–Crippen LogP) is 3.43. The SMILES string of the molecule is CCC1CN(Cc2c(C)cc(C)cc2C)CCC1NC. The summed E-state index contributed by atoms with van der Waals surface area (Å²) in [5.74, 6) is 0.791. The van der Waals surface area contributed by atoms with Gasteiger partial charge in [0.1, 0.15) is 0 Å². The number of nitrogens with one attached hydrogen (secondary N) is 1. The highest BCUT2D eigenvalue weighted by atomic mass is 15.1. The number of likely N-dealkylation sites (tertiary alicyclic amines) is 1. The third kappa shape index (κ3) is 3.42. The van der Waals surface area contributed by atoms with E-state index in [0.717, 1.165) is 12.5 Å². The zero-order valence-corrected chi connectivity index (χ0v) is 13.8. The van der Waals surface area contributed by atoms with E-state index in [4.69, 9.17) is 0 Å². The molecule has 2 unspecified atom stereocenters. The van der Waals surface area contributed by atoms with Crippen molar-refractivity contribution >= 4 is 0 Å². The van der Waals surface area contributed by atoms with E-state index in [1.807, 2.05) is 0 Å². The molecular formula is C18H30N2. The molecule has 0 radical (unpaired) electrons. The van der Waals surface area contributed by atoms with Gasteiger partial charge in [-0.15, -0.1) is 0 Å². The maximum atomic E-state index is 3.49. The Balaban J connectivity index is 2.08. The van der Waals surface area contributed by atoms with Crippen LogP contribution in [0.5, 0.6) is 0 Å². The third-order valence-electron chi connectivity index (χ3n) is 4.94. The first kappa shape index (κ1) is 15.5. The van der Waals surface area contributed by atoms with E-state index in [9.17, 15) is 0 Å². The Morgan fingerprint density at radius 2 is 1.85 bits per heavy atom. The van der Waals surface area contributed by atoms with Crippen LogP contribution in [0.4, 0.5) is 0 Å². The topological polar surface area (TPSA) is 15.3 Å². The molecule has 2 nitrogen and oxygen atoms in total. The van der Waals surface area contributed by atoms with Crippen LogP contribution in [0.15, 0.2) is 12.1 Å². The predicted molar refractivity (Wildman–Crippen MR) is 87.2 cm³/mol. The largest absolute Gasteiger partial charge is 0.317 e. The quantitative estimate of drug-likeness (QED) is 0.905. The van der Waals surface area contributed by atoms with Crippen LogP contribution in [0.3, 0.4) is 0 Å². The van der Waals surface area contributed by atoms with Crippen molar-refractivity contribution in [1.82, 2.24) is 10.2 Å². The molecule has 20 heavy (non-hydrogen) atoms. The van der Waals surface area contributed by atoms with Crippen LogP contribution in [-0.2, 0) is 6.54 Å². The summed E-state index contributed by atoms with van der Waals surface area (Å²) in [5.41, 5.74) is 5.81. The molecule has 1 aliphatic rings. The minimum atomic E-state index is 0.705. The highest BCUT2D eigenvalue weighted by Crippen LogP contribution is 2.24. The molecule has 1 fully saturated rings. The second-order valence-corrected chi connectivity index (χ2v) is 6.46. The van der Waals surface area contributed by atoms with Gasteiger partial charge in [-0.25, -0.2) is 0 Å². The average Bonchev–Trinajstić information content (AvgIpc) is 2.42. The standard InChI is InChI=1S/C18H30N2/c1-6-16-11-20(8-7-18(16)19-5)12-17-14(3)9-13(2)10-15(17)4/h9-10,16,18-19H,6-8,11-12H2,1-5H3. The maximum absolute atomic E-state index is 3.49. The number of benzene rings is 1. The number of piperidine rings is 1. The number of nitrogens with zero attached hydrogens (tertiary/aromatic N) is 1. The van der Waals surface area contributed by atoms with Crippen molar-refractivity contribution < 1.29 is 0 Å². The third-order valence-corrected chi connectivity index (χ3v) is 4.94. The average molecular weight is 274 g/mol. The normalized spacial score (nSPS) is 24.1. The molecule has 2 atom stereocenters. The molecule has 2 rings (SSSR count). The molecular weight excluding hydrogens is 244 g/mol. The van der Waals surface area contributed by atoms with E-state index in [1.165, 1.54) is 48.2 Å². The van der Waals surface area contributed by atoms with Gasteiger partial charge in [0, 0.05) is 19.1 Å². The van der Waals surface area contributed by atoms with Gasteiger partial charge in [0.2, 0.25) is 0 Å². The Bertz CT molecular complexity index is 430. The van der Waals surface area contributed by atoms with Crippen LogP contribution < -0.4 is 5.32 Å². The molecule has 1 saturated heterocycles. The van der Waals surface area contributed by atoms with Crippen LogP contribution >= 0.6 is 0 Å². The van der Waals surface area contributed by atoms with Gasteiger partial charge >= 0.3 is 0 Å². The molecule has 0 amide bonds. The van der Waals surface area contributed by atoms with Crippen molar-refractivity contribution in [3.63, 3.8) is 0 Å². The fourth-order valence-electron chi connectivity index (χ4n) is 3.73. The molecule has 0 aliphatic carbocycles. The van der Waals surface area contributed by atoms with Gasteiger partial charge in [0.15, 0.2) is 0 Å². The van der Waals surface area contributed by atoms with Crippen LogP contribution in [0, 0.1) is 26.7 Å². The molecule has 0 aromatic heterocycles. The van der Waals surface area contributed by atoms with E-state index in [-0.39, 0.29) is 0 Å². The van der Waals surface area contributed by atoms with Crippen molar-refractivity contribution in [3.8, 4) is 0 Å². The smallest absolute Gasteiger partial charge is 0.0239 e. The summed E-state index contributed by atoms with van der Waals surface area (Å²) in [6.45, 7) is 12.6. The summed E-state index contributed by atoms with van der Waals surface area (Å²) in [7, 11) is 2.11. The first-order valence-corrected chi connectivity index (χ1v) is 8.01. The Morgan fingerprint density at radius 3 is 2.40 bits per heavy atom. The minimum absolute atomic E-state index is 0.705. The highest BCUT2D eigenvalue weighted by Gasteiger charge is 2.27. The molecule has 112 valence electrons. The molecule has 1 aromatic rings. The molecule has 1 aliphatic heterocycles. The second kappa shape index (κ2) is 6.73. The van der Waals surface area contributed by atoms with Crippen molar-refractivity contribution in [2.45, 2.75) is 53.1 Å². The molecule has 2 heteroatoms. The van der Waals surface area contributed by atoms with Crippen molar-refractivity contribution in [3.05, 3.63) is 34.4 Å². The molecule has 1 N–H and O–H groups in total. The van der Waals surface area contributed by atoms with Crippen molar-refractivity contribution in [2.75, 3.05) is 20.1 Å². The van der Waals surface area contributed by atoms with Gasteiger partial charge in [-0.3, -0.25) is 4.90 Å². The summed E-state index contributed by atoms with van der Waals surface area (Å²) in [6, 6.07) is 5.34. The zero-order valence-electron chi connectivity index (χ0n) is 13.8. The van der Waals surface area contributed by atoms with Crippen LogP contribution in [0.2, 0.25) is 0 Å². The molecule has 0 saturated carbocycles. The van der Waals surface area contributed by atoms with E-state index < -0.39 is 0 Å². The Hall–Kier alpha value is -0.860. The Kier molecular flexibility index (Phi) is 5.22. The number of hydrogen-bond donors (Lipinski definition) is 1. The lowest BCUT2D eigenvalue weighted by atomic mass is 9.89. The number of aryl methyl sites for hydroxylation is 3. The molecule has 0 bridgehead atoms. The van der Waals surface area contributed by atoms with Gasteiger partial charge in [0.05, 0.1) is 0 Å². The summed E-state index contributed by atoms with van der Waals surface area (Å²) in [6.07, 6.45) is 2.55. The summed E-state index contributed by atoms with van der Waals surface area (Å²) in [4.78, 5) is 2.65. The molecule has 0 spiro atoms. The highest BCUT2D eigenvalue weighted by molar-refractivity contribution is 5.37. The minimum Gasteiger partial charge on any atom is -0.317 e. The summed E-state index contributed by atoms with van der Waals surface area (Å²) >= 11 is 0. The van der Waals surface area contributed by atoms with Crippen molar-refractivity contribution in [1.29, 1.82) is 0 Å². The fourth-order valence-corrected chi connectivity index (χ4v) is 3.73. The van der Waals surface area contributed by atoms with Gasteiger partial charge in [-0.1, -0.05) is 31.0 Å². The zero-order chi connectivity index (χ0) is 14.7. The Labute approximate surface area is 124 Å². The first-order valence-electron chi connectivity index (χ1n) is 8.01. The van der Waals surface area contributed by atoms with Gasteiger partial charge < -0.3 is 5.32 Å². The van der Waals surface area contributed by atoms with Crippen molar-refractivity contribution in [2.24, 2.45) is 5.92 Å². The van der Waals surface area contributed by atoms with E-state index in [0.29, 0.717) is 6.04 Å². The number of hydrogen-bond acceptors (Lipinski definition) is 2. The van der Waals surface area contributed by atoms with Crippen LogP contribution in [-0.4, -0.2) is 31.1 Å².